The van der Waals surface area contributed by atoms with Crippen molar-refractivity contribution in [2.24, 2.45) is 4.99 Å². The summed E-state index contributed by atoms with van der Waals surface area (Å²) in [4.78, 5) is 9.08. The summed E-state index contributed by atoms with van der Waals surface area (Å²) in [5, 5.41) is 9.90. The van der Waals surface area contributed by atoms with E-state index in [1.54, 1.807) is 11.3 Å². The fraction of sp³-hybridized carbons (Fsp3) is 0.733. The van der Waals surface area contributed by atoms with Gasteiger partial charge in [0.25, 0.3) is 0 Å². The molecule has 0 aliphatic carbocycles. The number of halogens is 1. The lowest BCUT2D eigenvalue weighted by Gasteiger charge is -2.12. The Hall–Kier alpha value is -0.410. The molecule has 126 valence electrons. The van der Waals surface area contributed by atoms with Crippen LogP contribution in [0.4, 0.5) is 0 Å². The van der Waals surface area contributed by atoms with Crippen molar-refractivity contribution in [1.29, 1.82) is 0 Å². The van der Waals surface area contributed by atoms with Gasteiger partial charge in [-0.2, -0.15) is 0 Å². The number of hydrogen-bond donors (Lipinski definition) is 2. The maximum Gasteiger partial charge on any atom is 0.191 e. The molecule has 1 unspecified atom stereocenters. The van der Waals surface area contributed by atoms with Crippen LogP contribution in [0, 0.1) is 6.92 Å². The minimum Gasteiger partial charge on any atom is -0.378 e. The quantitative estimate of drug-likeness (QED) is 0.391. The van der Waals surface area contributed by atoms with Crippen LogP contribution in [0.25, 0.3) is 0 Å². The first-order valence-corrected chi connectivity index (χ1v) is 8.70. The third-order valence-corrected chi connectivity index (χ3v) is 4.25. The zero-order chi connectivity index (χ0) is 14.9. The number of nitrogens with zero attached hydrogens (tertiary/aromatic N) is 2. The predicted molar refractivity (Wildman–Crippen MR) is 104 cm³/mol. The van der Waals surface area contributed by atoms with E-state index in [0.717, 1.165) is 55.7 Å². The second-order valence-corrected chi connectivity index (χ2v) is 6.28. The summed E-state index contributed by atoms with van der Waals surface area (Å²) in [6.07, 6.45) is 4.74. The largest absolute Gasteiger partial charge is 0.378 e. The number of rotatable bonds is 7. The number of thiazole rings is 1. The Bertz CT molecular complexity index is 447. The van der Waals surface area contributed by atoms with Gasteiger partial charge in [-0.3, -0.25) is 4.99 Å². The number of aliphatic imine (C=N–C) groups is 1. The highest BCUT2D eigenvalue weighted by Crippen LogP contribution is 2.14. The second-order valence-electron chi connectivity index (χ2n) is 5.22. The maximum atomic E-state index is 5.62. The van der Waals surface area contributed by atoms with Gasteiger partial charge < -0.3 is 15.4 Å². The molecular weight excluding hydrogens is 411 g/mol. The molecule has 1 atom stereocenters. The van der Waals surface area contributed by atoms with Crippen LogP contribution in [0.2, 0.25) is 0 Å². The van der Waals surface area contributed by atoms with E-state index in [1.165, 1.54) is 12.8 Å². The lowest BCUT2D eigenvalue weighted by molar-refractivity contribution is 0.106. The number of hydrogen-bond acceptors (Lipinski definition) is 4. The van der Waals surface area contributed by atoms with Crippen molar-refractivity contribution in [1.82, 2.24) is 15.6 Å². The lowest BCUT2D eigenvalue weighted by atomic mass is 10.2. The molecule has 1 fully saturated rings. The van der Waals surface area contributed by atoms with Crippen LogP contribution in [0.5, 0.6) is 0 Å². The first kappa shape index (κ1) is 19.6. The minimum atomic E-state index is 0. The number of aromatic nitrogens is 1. The maximum absolute atomic E-state index is 5.62. The van der Waals surface area contributed by atoms with Crippen LogP contribution in [0.15, 0.2) is 10.4 Å². The van der Waals surface area contributed by atoms with E-state index in [4.69, 9.17) is 4.74 Å². The molecule has 7 heteroatoms. The summed E-state index contributed by atoms with van der Waals surface area (Å²) in [5.41, 5.74) is 1.15. The topological polar surface area (TPSA) is 58.5 Å². The van der Waals surface area contributed by atoms with Crippen molar-refractivity contribution in [2.75, 3.05) is 26.2 Å². The molecule has 2 heterocycles. The molecule has 0 amide bonds. The Morgan fingerprint density at radius 2 is 2.36 bits per heavy atom. The van der Waals surface area contributed by atoms with Crippen molar-refractivity contribution in [2.45, 2.75) is 45.6 Å². The highest BCUT2D eigenvalue weighted by atomic mass is 127. The van der Waals surface area contributed by atoms with Crippen molar-refractivity contribution >= 4 is 41.3 Å². The zero-order valence-electron chi connectivity index (χ0n) is 13.4. The first-order valence-electron chi connectivity index (χ1n) is 7.82. The third-order valence-electron chi connectivity index (χ3n) is 3.43. The van der Waals surface area contributed by atoms with Gasteiger partial charge in [-0.15, -0.1) is 35.3 Å². The fourth-order valence-corrected chi connectivity index (χ4v) is 3.01. The minimum absolute atomic E-state index is 0. The molecule has 1 aliphatic rings. The zero-order valence-corrected chi connectivity index (χ0v) is 16.6. The van der Waals surface area contributed by atoms with Crippen molar-refractivity contribution in [3.8, 4) is 0 Å². The fourth-order valence-electron chi connectivity index (χ4n) is 2.37. The van der Waals surface area contributed by atoms with Gasteiger partial charge in [-0.1, -0.05) is 0 Å². The van der Waals surface area contributed by atoms with E-state index in [9.17, 15) is 0 Å². The summed E-state index contributed by atoms with van der Waals surface area (Å²) < 4.78 is 5.62. The molecule has 0 radical (unpaired) electrons. The van der Waals surface area contributed by atoms with Crippen LogP contribution >= 0.6 is 35.3 Å². The molecule has 0 saturated carbocycles. The molecule has 0 spiro atoms. The number of ether oxygens (including phenoxy) is 1. The van der Waals surface area contributed by atoms with Crippen LogP contribution in [0.1, 0.15) is 36.9 Å². The Labute approximate surface area is 154 Å². The summed E-state index contributed by atoms with van der Waals surface area (Å²) in [6, 6.07) is 0. The van der Waals surface area contributed by atoms with Gasteiger partial charge in [0.05, 0.1) is 16.8 Å². The van der Waals surface area contributed by atoms with Gasteiger partial charge in [0.15, 0.2) is 5.96 Å². The molecule has 2 N–H and O–H groups in total. The van der Waals surface area contributed by atoms with Gasteiger partial charge >= 0.3 is 0 Å². The van der Waals surface area contributed by atoms with E-state index >= 15 is 0 Å². The molecule has 0 bridgehead atoms. The lowest BCUT2D eigenvalue weighted by Crippen LogP contribution is -2.38. The van der Waals surface area contributed by atoms with Crippen LogP contribution in [-0.2, 0) is 11.2 Å². The highest BCUT2D eigenvalue weighted by molar-refractivity contribution is 14.0. The molecule has 1 aromatic rings. The molecule has 1 aliphatic heterocycles. The SMILES string of the molecule is CCNC(=NCCC1CCCO1)NCCc1csc(C)n1.I. The standard InChI is InChI=1S/C15H26N4OS.HI/c1-3-16-15(18-9-7-14-5-4-10-20-14)17-8-6-13-11-21-12(2)19-13;/h11,14H,3-10H2,1-2H3,(H2,16,17,18);1H. The normalized spacial score (nSPS) is 18.1. The van der Waals surface area contributed by atoms with Gasteiger partial charge in [0.2, 0.25) is 0 Å². The Balaban J connectivity index is 0.00000242. The Morgan fingerprint density at radius 3 is 3.00 bits per heavy atom. The molecule has 0 aromatic carbocycles. The molecule has 1 aromatic heterocycles. The van der Waals surface area contributed by atoms with Crippen molar-refractivity contribution in [3.63, 3.8) is 0 Å². The first-order chi connectivity index (χ1) is 10.3. The molecule has 22 heavy (non-hydrogen) atoms. The summed E-state index contributed by atoms with van der Waals surface area (Å²) in [7, 11) is 0. The smallest absolute Gasteiger partial charge is 0.191 e. The van der Waals surface area contributed by atoms with Gasteiger partial charge in [-0.05, 0) is 33.1 Å². The Morgan fingerprint density at radius 1 is 1.50 bits per heavy atom. The van der Waals surface area contributed by atoms with Crippen molar-refractivity contribution < 1.29 is 4.74 Å². The highest BCUT2D eigenvalue weighted by Gasteiger charge is 2.14. The predicted octanol–water partition coefficient (Wildman–Crippen LogP) is 2.74. The Kier molecular flexibility index (Phi) is 9.98. The third kappa shape index (κ3) is 7.23. The summed E-state index contributed by atoms with van der Waals surface area (Å²) in [6.45, 7) is 7.59. The number of aryl methyl sites for hydroxylation is 1. The van der Waals surface area contributed by atoms with Gasteiger partial charge in [0.1, 0.15) is 0 Å². The number of guanidine groups is 1. The van der Waals surface area contributed by atoms with E-state index in [-0.39, 0.29) is 24.0 Å². The van der Waals surface area contributed by atoms with Gasteiger partial charge in [-0.25, -0.2) is 4.98 Å². The monoisotopic (exact) mass is 438 g/mol. The van der Waals surface area contributed by atoms with Crippen LogP contribution in [-0.4, -0.2) is 43.3 Å². The molecule has 2 rings (SSSR count). The molecular formula is C15H27IN4OS. The van der Waals surface area contributed by atoms with Crippen LogP contribution < -0.4 is 10.6 Å². The summed E-state index contributed by atoms with van der Waals surface area (Å²) in [5.74, 6) is 0.891. The van der Waals surface area contributed by atoms with E-state index in [1.807, 2.05) is 6.92 Å². The van der Waals surface area contributed by atoms with Crippen LogP contribution in [0.3, 0.4) is 0 Å². The molecule has 1 saturated heterocycles. The van der Waals surface area contributed by atoms with E-state index in [0.29, 0.717) is 6.10 Å². The van der Waals surface area contributed by atoms with E-state index in [2.05, 4.69) is 32.9 Å². The average molecular weight is 438 g/mol. The summed E-state index contributed by atoms with van der Waals surface area (Å²) >= 11 is 1.70. The van der Waals surface area contributed by atoms with Crippen molar-refractivity contribution in [3.05, 3.63) is 16.1 Å². The van der Waals surface area contributed by atoms with Gasteiger partial charge in [0, 0.05) is 38.0 Å². The molecule has 5 nitrogen and oxygen atoms in total. The second kappa shape index (κ2) is 11.2. The average Bonchev–Trinajstić information content (AvgIpc) is 3.11. The number of nitrogens with one attached hydrogen (secondary N) is 2. The van der Waals surface area contributed by atoms with E-state index < -0.39 is 0 Å².